The van der Waals surface area contributed by atoms with E-state index in [1.54, 1.807) is 46.3 Å². The zero-order chi connectivity index (χ0) is 23.8. The lowest BCUT2D eigenvalue weighted by Gasteiger charge is -2.15. The summed E-state index contributed by atoms with van der Waals surface area (Å²) in [6.07, 6.45) is 1.74. The Labute approximate surface area is 196 Å². The van der Waals surface area contributed by atoms with Gasteiger partial charge in [0.2, 0.25) is 0 Å². The van der Waals surface area contributed by atoms with Crippen LogP contribution in [-0.4, -0.2) is 21.5 Å². The largest absolute Gasteiger partial charge is 0.493 e. The first kappa shape index (κ1) is 21.4. The number of nitrogens with two attached hydrogens (primary N) is 1. The number of ether oxygens (including phenoxy) is 2. The second-order valence-electron chi connectivity index (χ2n) is 7.31. The van der Waals surface area contributed by atoms with Gasteiger partial charge in [0.15, 0.2) is 22.1 Å². The van der Waals surface area contributed by atoms with E-state index < -0.39 is 5.56 Å². The number of nitrogens with zero attached hydrogens (tertiary/aromatic N) is 4. The monoisotopic (exact) mass is 473 g/mol. The summed E-state index contributed by atoms with van der Waals surface area (Å²) in [5.41, 5.74) is 7.64. The molecule has 34 heavy (non-hydrogen) atoms. The summed E-state index contributed by atoms with van der Waals surface area (Å²) in [6.45, 7) is 0.200. The SMILES string of the molecule is COc1cc(-c2c(C#N)c(N)nc3c2c(=O)nc2sccn23)ccc1OCc1ccc(F)cc1. The summed E-state index contributed by atoms with van der Waals surface area (Å²) in [5, 5.41) is 11.8. The molecule has 168 valence electrons. The summed E-state index contributed by atoms with van der Waals surface area (Å²) in [7, 11) is 1.49. The van der Waals surface area contributed by atoms with E-state index in [1.807, 2.05) is 0 Å². The molecule has 0 unspecified atom stereocenters. The summed E-state index contributed by atoms with van der Waals surface area (Å²) >= 11 is 1.29. The maximum atomic E-state index is 13.1. The van der Waals surface area contributed by atoms with Crippen molar-refractivity contribution in [1.82, 2.24) is 14.4 Å². The fourth-order valence-corrected chi connectivity index (χ4v) is 4.41. The van der Waals surface area contributed by atoms with Crippen LogP contribution in [0.5, 0.6) is 11.5 Å². The highest BCUT2D eigenvalue weighted by atomic mass is 32.1. The molecular formula is C24H16FN5O3S. The number of nitrogen functional groups attached to an aromatic ring is 1. The first-order valence-corrected chi connectivity index (χ1v) is 10.9. The van der Waals surface area contributed by atoms with Gasteiger partial charge in [-0.2, -0.15) is 10.2 Å². The number of nitriles is 1. The van der Waals surface area contributed by atoms with Gasteiger partial charge in [-0.3, -0.25) is 9.20 Å². The van der Waals surface area contributed by atoms with Gasteiger partial charge < -0.3 is 15.2 Å². The average Bonchev–Trinajstić information content (AvgIpc) is 3.31. The minimum atomic E-state index is -0.507. The third-order valence-corrected chi connectivity index (χ3v) is 6.06. The van der Waals surface area contributed by atoms with Crippen LogP contribution in [-0.2, 0) is 6.61 Å². The van der Waals surface area contributed by atoms with Crippen LogP contribution in [0.25, 0.3) is 27.1 Å². The Balaban J connectivity index is 1.65. The molecule has 0 amide bonds. The fraction of sp³-hybridized carbons (Fsp3) is 0.0833. The topological polar surface area (TPSA) is 116 Å². The number of hydrogen-bond donors (Lipinski definition) is 1. The standard InChI is InChI=1S/C24H16FN5O3S/c1-32-18-10-14(4-7-17(18)33-12-13-2-5-15(25)6-3-13)19-16(11-26)21(27)28-22-20(19)23(31)29-24-30(22)8-9-34-24/h2-10H,12H2,1H3,(H2,27,28). The number of benzene rings is 2. The number of pyridine rings is 1. The van der Waals surface area contributed by atoms with E-state index >= 15 is 0 Å². The van der Waals surface area contributed by atoms with Gasteiger partial charge in [0.25, 0.3) is 5.56 Å². The molecule has 0 saturated carbocycles. The molecule has 8 nitrogen and oxygen atoms in total. The first-order chi connectivity index (χ1) is 16.5. The van der Waals surface area contributed by atoms with Crippen molar-refractivity contribution in [3.8, 4) is 28.7 Å². The Hall–Kier alpha value is -4.49. The second-order valence-corrected chi connectivity index (χ2v) is 8.18. The zero-order valence-corrected chi connectivity index (χ0v) is 18.6. The Morgan fingerprint density at radius 1 is 1.18 bits per heavy atom. The Morgan fingerprint density at radius 2 is 1.97 bits per heavy atom. The smallest absolute Gasteiger partial charge is 0.284 e. The molecule has 0 spiro atoms. The summed E-state index contributed by atoms with van der Waals surface area (Å²) in [6, 6.07) is 13.1. The second kappa shape index (κ2) is 8.46. The average molecular weight is 473 g/mol. The predicted octanol–water partition coefficient (Wildman–Crippen LogP) is 4.15. The molecule has 0 atom stereocenters. The molecule has 0 bridgehead atoms. The van der Waals surface area contributed by atoms with Crippen molar-refractivity contribution >= 4 is 33.1 Å². The third kappa shape index (κ3) is 3.58. The molecule has 3 heterocycles. The maximum absolute atomic E-state index is 13.1. The van der Waals surface area contributed by atoms with Crippen molar-refractivity contribution < 1.29 is 13.9 Å². The number of thiazole rings is 1. The molecule has 10 heteroatoms. The lowest BCUT2D eigenvalue weighted by molar-refractivity contribution is 0.284. The number of hydrogen-bond acceptors (Lipinski definition) is 8. The van der Waals surface area contributed by atoms with Crippen molar-refractivity contribution in [3.05, 3.63) is 81.3 Å². The Bertz CT molecular complexity index is 1650. The van der Waals surface area contributed by atoms with Gasteiger partial charge in [0.05, 0.1) is 12.5 Å². The normalized spacial score (nSPS) is 11.0. The van der Waals surface area contributed by atoms with Crippen LogP contribution in [0.4, 0.5) is 10.2 Å². The van der Waals surface area contributed by atoms with E-state index in [1.165, 1.54) is 30.6 Å². The van der Waals surface area contributed by atoms with Crippen molar-refractivity contribution in [3.63, 3.8) is 0 Å². The van der Waals surface area contributed by atoms with Gasteiger partial charge in [0, 0.05) is 17.1 Å². The van der Waals surface area contributed by atoms with E-state index in [4.69, 9.17) is 15.2 Å². The molecule has 5 aromatic rings. The van der Waals surface area contributed by atoms with Crippen molar-refractivity contribution in [2.24, 2.45) is 0 Å². The van der Waals surface area contributed by atoms with Crippen LogP contribution in [0.3, 0.4) is 0 Å². The molecule has 0 radical (unpaired) electrons. The minimum absolute atomic E-state index is 0.00574. The predicted molar refractivity (Wildman–Crippen MR) is 126 cm³/mol. The van der Waals surface area contributed by atoms with Crippen LogP contribution < -0.4 is 20.8 Å². The van der Waals surface area contributed by atoms with Crippen LogP contribution in [0, 0.1) is 17.1 Å². The van der Waals surface area contributed by atoms with Crippen LogP contribution >= 0.6 is 11.3 Å². The maximum Gasteiger partial charge on any atom is 0.284 e. The van der Waals surface area contributed by atoms with E-state index in [9.17, 15) is 14.4 Å². The zero-order valence-electron chi connectivity index (χ0n) is 17.8. The van der Waals surface area contributed by atoms with Gasteiger partial charge in [0.1, 0.15) is 29.9 Å². The van der Waals surface area contributed by atoms with Crippen LogP contribution in [0.15, 0.2) is 58.8 Å². The third-order valence-electron chi connectivity index (χ3n) is 5.31. The minimum Gasteiger partial charge on any atom is -0.493 e. The van der Waals surface area contributed by atoms with Crippen LogP contribution in [0.2, 0.25) is 0 Å². The van der Waals surface area contributed by atoms with Crippen molar-refractivity contribution in [2.75, 3.05) is 12.8 Å². The number of fused-ring (bicyclic) bond motifs is 3. The number of halogens is 1. The molecule has 3 aromatic heterocycles. The molecule has 0 saturated heterocycles. The van der Waals surface area contributed by atoms with E-state index in [0.29, 0.717) is 33.2 Å². The quantitative estimate of drug-likeness (QED) is 0.408. The molecule has 0 aliphatic rings. The molecule has 2 aromatic carbocycles. The Morgan fingerprint density at radius 3 is 2.71 bits per heavy atom. The molecule has 0 aliphatic carbocycles. The number of aromatic nitrogens is 3. The summed E-state index contributed by atoms with van der Waals surface area (Å²) in [4.78, 5) is 21.9. The van der Waals surface area contributed by atoms with Crippen molar-refractivity contribution in [1.29, 1.82) is 5.26 Å². The first-order valence-electron chi connectivity index (χ1n) is 10.0. The van der Waals surface area contributed by atoms with Crippen LogP contribution in [0.1, 0.15) is 11.1 Å². The van der Waals surface area contributed by atoms with Gasteiger partial charge in [-0.25, -0.2) is 9.37 Å². The molecule has 2 N–H and O–H groups in total. The number of methoxy groups -OCH3 is 1. The van der Waals surface area contributed by atoms with Gasteiger partial charge in [-0.05, 0) is 35.4 Å². The number of anilines is 1. The number of rotatable bonds is 5. The lowest BCUT2D eigenvalue weighted by Crippen LogP contribution is -2.13. The fourth-order valence-electron chi connectivity index (χ4n) is 3.71. The highest BCUT2D eigenvalue weighted by Gasteiger charge is 2.21. The highest BCUT2D eigenvalue weighted by Crippen LogP contribution is 2.38. The molecule has 0 aliphatic heterocycles. The van der Waals surface area contributed by atoms with Gasteiger partial charge in [-0.1, -0.05) is 18.2 Å². The van der Waals surface area contributed by atoms with Gasteiger partial charge in [-0.15, -0.1) is 11.3 Å². The molecule has 0 fully saturated rings. The van der Waals surface area contributed by atoms with E-state index in [-0.39, 0.29) is 29.2 Å². The van der Waals surface area contributed by atoms with E-state index in [2.05, 4.69) is 16.0 Å². The summed E-state index contributed by atoms with van der Waals surface area (Å²) in [5.74, 6) is 0.506. The Kier molecular flexibility index (Phi) is 5.31. The molecule has 5 rings (SSSR count). The summed E-state index contributed by atoms with van der Waals surface area (Å²) < 4.78 is 26.2. The van der Waals surface area contributed by atoms with Crippen molar-refractivity contribution in [2.45, 2.75) is 6.61 Å². The van der Waals surface area contributed by atoms with E-state index in [0.717, 1.165) is 5.56 Å². The lowest BCUT2D eigenvalue weighted by atomic mass is 9.97. The highest BCUT2D eigenvalue weighted by molar-refractivity contribution is 7.15. The molecular weight excluding hydrogens is 457 g/mol. The van der Waals surface area contributed by atoms with Gasteiger partial charge >= 0.3 is 0 Å².